The molecule has 188 valence electrons. The fourth-order valence-electron chi connectivity index (χ4n) is 5.35. The molecule has 3 heterocycles. The van der Waals surface area contributed by atoms with E-state index in [0.717, 1.165) is 10.5 Å². The minimum absolute atomic E-state index is 0.0292. The summed E-state index contributed by atoms with van der Waals surface area (Å²) < 4.78 is 41.7. The van der Waals surface area contributed by atoms with Gasteiger partial charge in [0.1, 0.15) is 5.41 Å². The first-order valence-electron chi connectivity index (χ1n) is 11.4. The summed E-state index contributed by atoms with van der Waals surface area (Å²) in [6, 6.07) is 8.99. The van der Waals surface area contributed by atoms with E-state index in [2.05, 4.69) is 5.10 Å². The van der Waals surface area contributed by atoms with Crippen LogP contribution in [0.2, 0.25) is 0 Å². The lowest BCUT2D eigenvalue weighted by molar-refractivity contribution is -0.205. The maximum absolute atomic E-state index is 13.4. The molecule has 3 aliphatic rings. The van der Waals surface area contributed by atoms with Gasteiger partial charge >= 0.3 is 6.18 Å². The standard InChI is InChI=1S/C24H23F3N6O3/c25-24(26,27)23(5-6-23)21(36)32-13-22(14-32)12-31(11-18(22)19(29)34)20(35)17-8-30-33(10-17)9-16-3-1-15(7-28)2-4-16/h1-4,8,10,18H,5-6,9,11-14H2,(H2,29,34). The molecule has 1 spiro atoms. The van der Waals surface area contributed by atoms with Crippen molar-refractivity contribution < 1.29 is 27.6 Å². The second kappa shape index (κ2) is 8.08. The number of carbonyl (C=O) groups excluding carboxylic acids is 3. The number of hydrogen-bond acceptors (Lipinski definition) is 5. The summed E-state index contributed by atoms with van der Waals surface area (Å²) in [6.45, 7) is 0.438. The Hall–Kier alpha value is -3.88. The number of nitriles is 1. The Balaban J connectivity index is 1.26. The summed E-state index contributed by atoms with van der Waals surface area (Å²) in [6.07, 6.45) is -2.08. The third-order valence-electron chi connectivity index (χ3n) is 7.59. The van der Waals surface area contributed by atoms with Gasteiger partial charge in [-0.25, -0.2) is 0 Å². The fraction of sp³-hybridized carbons (Fsp3) is 0.458. The molecule has 2 N–H and O–H groups in total. The van der Waals surface area contributed by atoms with Crippen molar-refractivity contribution in [1.29, 1.82) is 5.26 Å². The van der Waals surface area contributed by atoms with Crippen LogP contribution >= 0.6 is 0 Å². The second-order valence-electron chi connectivity index (χ2n) is 9.98. The second-order valence-corrected chi connectivity index (χ2v) is 9.98. The number of nitrogens with zero attached hydrogens (tertiary/aromatic N) is 5. The van der Waals surface area contributed by atoms with Crippen LogP contribution in [-0.2, 0) is 16.1 Å². The van der Waals surface area contributed by atoms with Crippen LogP contribution in [0.3, 0.4) is 0 Å². The van der Waals surface area contributed by atoms with Crippen molar-refractivity contribution >= 4 is 17.7 Å². The third-order valence-corrected chi connectivity index (χ3v) is 7.59. The molecule has 2 aromatic rings. The average molecular weight is 500 g/mol. The van der Waals surface area contributed by atoms with E-state index >= 15 is 0 Å². The monoisotopic (exact) mass is 500 g/mol. The highest BCUT2D eigenvalue weighted by Crippen LogP contribution is 2.60. The number of benzene rings is 1. The minimum Gasteiger partial charge on any atom is -0.369 e. The molecule has 1 saturated carbocycles. The van der Waals surface area contributed by atoms with E-state index in [1.54, 1.807) is 35.1 Å². The van der Waals surface area contributed by atoms with Crippen LogP contribution in [-0.4, -0.2) is 69.7 Å². The van der Waals surface area contributed by atoms with Crippen LogP contribution < -0.4 is 5.73 Å². The number of amides is 3. The number of halogens is 3. The Morgan fingerprint density at radius 1 is 1.11 bits per heavy atom. The molecule has 1 aromatic heterocycles. The Morgan fingerprint density at radius 2 is 1.75 bits per heavy atom. The Labute approximate surface area is 204 Å². The van der Waals surface area contributed by atoms with Gasteiger partial charge in [-0.2, -0.15) is 23.5 Å². The Bertz CT molecular complexity index is 1270. The molecule has 2 saturated heterocycles. The van der Waals surface area contributed by atoms with Gasteiger partial charge in [-0.3, -0.25) is 19.1 Å². The number of carbonyl (C=O) groups is 3. The van der Waals surface area contributed by atoms with Crippen molar-refractivity contribution in [3.63, 3.8) is 0 Å². The minimum atomic E-state index is -4.61. The van der Waals surface area contributed by atoms with Crippen molar-refractivity contribution in [3.05, 3.63) is 53.3 Å². The van der Waals surface area contributed by atoms with Gasteiger partial charge in [0, 0.05) is 37.8 Å². The Kier molecular flexibility index (Phi) is 5.35. The van der Waals surface area contributed by atoms with Crippen molar-refractivity contribution in [2.75, 3.05) is 26.2 Å². The van der Waals surface area contributed by atoms with E-state index in [1.807, 2.05) is 6.07 Å². The van der Waals surface area contributed by atoms with E-state index in [0.29, 0.717) is 17.7 Å². The maximum Gasteiger partial charge on any atom is 0.403 e. The molecular weight excluding hydrogens is 477 g/mol. The number of aromatic nitrogens is 2. The quantitative estimate of drug-likeness (QED) is 0.667. The van der Waals surface area contributed by atoms with Crippen molar-refractivity contribution in [1.82, 2.24) is 19.6 Å². The van der Waals surface area contributed by atoms with Crippen molar-refractivity contribution in [2.24, 2.45) is 22.5 Å². The number of alkyl halides is 3. The summed E-state index contributed by atoms with van der Waals surface area (Å²) in [5.74, 6) is -2.74. The van der Waals surface area contributed by atoms with Crippen LogP contribution in [0, 0.1) is 28.1 Å². The van der Waals surface area contributed by atoms with Gasteiger partial charge in [-0.05, 0) is 30.5 Å². The molecule has 3 amide bonds. The SMILES string of the molecule is N#Cc1ccc(Cn2cc(C(=O)N3CC(C(N)=O)C4(C3)CN(C(=O)C3(C(F)(F)F)CC3)C4)cn2)cc1. The summed E-state index contributed by atoms with van der Waals surface area (Å²) in [5, 5.41) is 13.1. The van der Waals surface area contributed by atoms with Crippen molar-refractivity contribution in [3.8, 4) is 6.07 Å². The summed E-state index contributed by atoms with van der Waals surface area (Å²) in [5.41, 5.74) is 4.14. The summed E-state index contributed by atoms with van der Waals surface area (Å²) in [4.78, 5) is 40.5. The van der Waals surface area contributed by atoms with E-state index in [4.69, 9.17) is 11.0 Å². The van der Waals surface area contributed by atoms with E-state index in [9.17, 15) is 27.6 Å². The van der Waals surface area contributed by atoms with Crippen LogP contribution in [0.1, 0.15) is 34.3 Å². The number of hydrogen-bond donors (Lipinski definition) is 1. The first-order chi connectivity index (χ1) is 17.0. The molecule has 1 unspecified atom stereocenters. The molecule has 3 fully saturated rings. The molecule has 36 heavy (non-hydrogen) atoms. The molecule has 0 radical (unpaired) electrons. The smallest absolute Gasteiger partial charge is 0.369 e. The normalized spacial score (nSPS) is 21.7. The van der Waals surface area contributed by atoms with E-state index < -0.39 is 34.7 Å². The predicted octanol–water partition coefficient (Wildman–Crippen LogP) is 1.53. The predicted molar refractivity (Wildman–Crippen MR) is 118 cm³/mol. The number of likely N-dealkylation sites (tertiary alicyclic amines) is 2. The van der Waals surface area contributed by atoms with Gasteiger partial charge in [0.05, 0.1) is 35.9 Å². The first kappa shape index (κ1) is 23.8. The van der Waals surface area contributed by atoms with Gasteiger partial charge in [0.25, 0.3) is 5.91 Å². The highest BCUT2D eigenvalue weighted by molar-refractivity contribution is 5.95. The lowest BCUT2D eigenvalue weighted by Crippen LogP contribution is -2.65. The van der Waals surface area contributed by atoms with E-state index in [1.165, 1.54) is 11.1 Å². The van der Waals surface area contributed by atoms with Gasteiger partial charge in [-0.1, -0.05) is 12.1 Å². The zero-order valence-corrected chi connectivity index (χ0v) is 19.2. The molecule has 0 bridgehead atoms. The molecule has 2 aliphatic heterocycles. The lowest BCUT2D eigenvalue weighted by Gasteiger charge is -2.51. The highest BCUT2D eigenvalue weighted by atomic mass is 19.4. The number of nitrogens with two attached hydrogens (primary N) is 1. The van der Waals surface area contributed by atoms with Gasteiger partial charge in [0.2, 0.25) is 11.8 Å². The van der Waals surface area contributed by atoms with Gasteiger partial charge in [0.15, 0.2) is 0 Å². The molecule has 5 rings (SSSR count). The molecule has 9 nitrogen and oxygen atoms in total. The molecule has 1 aliphatic carbocycles. The van der Waals surface area contributed by atoms with Crippen LogP contribution in [0.5, 0.6) is 0 Å². The van der Waals surface area contributed by atoms with Crippen LogP contribution in [0.25, 0.3) is 0 Å². The summed E-state index contributed by atoms with van der Waals surface area (Å²) >= 11 is 0. The topological polar surface area (TPSA) is 125 Å². The van der Waals surface area contributed by atoms with Gasteiger partial charge < -0.3 is 15.5 Å². The molecule has 1 atom stereocenters. The number of rotatable bonds is 5. The average Bonchev–Trinajstić information content (AvgIpc) is 3.35. The van der Waals surface area contributed by atoms with Crippen molar-refractivity contribution in [2.45, 2.75) is 25.6 Å². The van der Waals surface area contributed by atoms with Crippen LogP contribution in [0.4, 0.5) is 13.2 Å². The molecule has 12 heteroatoms. The summed E-state index contributed by atoms with van der Waals surface area (Å²) in [7, 11) is 0. The van der Waals surface area contributed by atoms with E-state index in [-0.39, 0.29) is 44.9 Å². The third kappa shape index (κ3) is 3.79. The maximum atomic E-state index is 13.4. The zero-order valence-electron chi connectivity index (χ0n) is 19.2. The zero-order chi connectivity index (χ0) is 25.9. The fourth-order valence-corrected chi connectivity index (χ4v) is 5.35. The first-order valence-corrected chi connectivity index (χ1v) is 11.4. The van der Waals surface area contributed by atoms with Gasteiger partial charge in [-0.15, -0.1) is 0 Å². The lowest BCUT2D eigenvalue weighted by atomic mass is 9.70. The Morgan fingerprint density at radius 3 is 2.31 bits per heavy atom. The van der Waals surface area contributed by atoms with Crippen LogP contribution in [0.15, 0.2) is 36.7 Å². The molecular formula is C24H23F3N6O3. The highest BCUT2D eigenvalue weighted by Gasteiger charge is 2.71. The molecule has 1 aromatic carbocycles. The number of primary amides is 1. The largest absolute Gasteiger partial charge is 0.403 e.